The molecule has 1 atom stereocenters. The summed E-state index contributed by atoms with van der Waals surface area (Å²) >= 11 is 0. The Balaban J connectivity index is 1.32. The number of amides is 2. The quantitative estimate of drug-likeness (QED) is 0.814. The summed E-state index contributed by atoms with van der Waals surface area (Å²) in [6, 6.07) is 9.91. The Labute approximate surface area is 158 Å². The Hall–Kier alpha value is -2.96. The fourth-order valence-corrected chi connectivity index (χ4v) is 3.76. The van der Waals surface area contributed by atoms with E-state index in [1.807, 2.05) is 35.2 Å². The number of anilines is 1. The topological polar surface area (TPSA) is 69.6 Å². The van der Waals surface area contributed by atoms with E-state index >= 15 is 0 Å². The Morgan fingerprint density at radius 3 is 2.56 bits per heavy atom. The zero-order valence-electron chi connectivity index (χ0n) is 15.2. The molecular weight excluding hydrogens is 342 g/mol. The van der Waals surface area contributed by atoms with Gasteiger partial charge in [0.15, 0.2) is 0 Å². The maximum Gasteiger partial charge on any atom is 0.228 e. The Morgan fingerprint density at radius 1 is 1.07 bits per heavy atom. The van der Waals surface area contributed by atoms with E-state index in [2.05, 4.69) is 14.9 Å². The summed E-state index contributed by atoms with van der Waals surface area (Å²) in [6.07, 6.45) is 5.39. The lowest BCUT2D eigenvalue weighted by Gasteiger charge is -2.36. The van der Waals surface area contributed by atoms with Crippen LogP contribution in [0.2, 0.25) is 0 Å². The van der Waals surface area contributed by atoms with Crippen molar-refractivity contribution in [3.05, 3.63) is 54.5 Å². The molecule has 2 fully saturated rings. The summed E-state index contributed by atoms with van der Waals surface area (Å²) in [4.78, 5) is 39.5. The van der Waals surface area contributed by atoms with E-state index in [-0.39, 0.29) is 17.7 Å². The van der Waals surface area contributed by atoms with Crippen LogP contribution in [0.1, 0.15) is 12.0 Å². The molecular formula is C20H23N5O2. The van der Waals surface area contributed by atoms with Gasteiger partial charge in [-0.1, -0.05) is 30.3 Å². The monoisotopic (exact) mass is 365 g/mol. The third-order valence-electron chi connectivity index (χ3n) is 5.24. The number of likely N-dealkylation sites (tertiary alicyclic amines) is 1. The molecule has 2 aromatic rings. The largest absolute Gasteiger partial charge is 0.352 e. The molecule has 140 valence electrons. The summed E-state index contributed by atoms with van der Waals surface area (Å²) in [5, 5.41) is 0. The number of rotatable bonds is 4. The average Bonchev–Trinajstić information content (AvgIpc) is 3.09. The number of aromatic nitrogens is 2. The van der Waals surface area contributed by atoms with E-state index in [0.717, 1.165) is 24.5 Å². The van der Waals surface area contributed by atoms with Crippen LogP contribution in [0.25, 0.3) is 0 Å². The highest BCUT2D eigenvalue weighted by Crippen LogP contribution is 2.23. The van der Waals surface area contributed by atoms with Gasteiger partial charge in [-0.2, -0.15) is 0 Å². The van der Waals surface area contributed by atoms with Crippen molar-refractivity contribution in [1.29, 1.82) is 0 Å². The zero-order chi connectivity index (χ0) is 18.6. The first-order chi connectivity index (χ1) is 13.2. The third-order valence-corrected chi connectivity index (χ3v) is 5.24. The van der Waals surface area contributed by atoms with E-state index in [9.17, 15) is 9.59 Å². The second kappa shape index (κ2) is 7.73. The predicted octanol–water partition coefficient (Wildman–Crippen LogP) is 1.17. The Kier molecular flexibility index (Phi) is 5.00. The van der Waals surface area contributed by atoms with Gasteiger partial charge in [0.25, 0.3) is 0 Å². The highest BCUT2D eigenvalue weighted by atomic mass is 16.2. The summed E-state index contributed by atoms with van der Waals surface area (Å²) in [7, 11) is 0. The highest BCUT2D eigenvalue weighted by molar-refractivity contribution is 5.89. The smallest absolute Gasteiger partial charge is 0.228 e. The van der Waals surface area contributed by atoms with Crippen molar-refractivity contribution in [3.63, 3.8) is 0 Å². The van der Waals surface area contributed by atoms with Crippen molar-refractivity contribution in [2.75, 3.05) is 37.6 Å². The van der Waals surface area contributed by atoms with Gasteiger partial charge in [0.05, 0.1) is 12.1 Å². The van der Waals surface area contributed by atoms with Crippen molar-refractivity contribution in [3.8, 4) is 0 Å². The number of piperazine rings is 1. The minimum atomic E-state index is -0.232. The lowest BCUT2D eigenvalue weighted by molar-refractivity contribution is -0.136. The van der Waals surface area contributed by atoms with E-state index in [4.69, 9.17) is 0 Å². The highest BCUT2D eigenvalue weighted by Gasteiger charge is 2.37. The normalized spacial score (nSPS) is 20.2. The standard InChI is InChI=1S/C20H23N5O2/c26-19-12-17(15-25(19)14-16-4-2-1-3-5-16)20(27)24-10-8-23(9-11-24)18-13-21-6-7-22-18/h1-7,13,17H,8-12,14-15H2. The first kappa shape index (κ1) is 17.5. The molecule has 27 heavy (non-hydrogen) atoms. The van der Waals surface area contributed by atoms with Crippen LogP contribution >= 0.6 is 0 Å². The van der Waals surface area contributed by atoms with Crippen LogP contribution in [0, 0.1) is 5.92 Å². The van der Waals surface area contributed by atoms with E-state index in [1.54, 1.807) is 23.5 Å². The van der Waals surface area contributed by atoms with Crippen LogP contribution in [-0.2, 0) is 16.1 Å². The van der Waals surface area contributed by atoms with Gasteiger partial charge in [-0.15, -0.1) is 0 Å². The van der Waals surface area contributed by atoms with Crippen LogP contribution in [0.5, 0.6) is 0 Å². The maximum absolute atomic E-state index is 12.9. The Bertz CT molecular complexity index is 791. The summed E-state index contributed by atoms with van der Waals surface area (Å²) in [5.41, 5.74) is 1.09. The molecule has 2 aliphatic heterocycles. The lowest BCUT2D eigenvalue weighted by atomic mass is 10.1. The predicted molar refractivity (Wildman–Crippen MR) is 101 cm³/mol. The molecule has 1 unspecified atom stereocenters. The van der Waals surface area contributed by atoms with Gasteiger partial charge in [0, 0.05) is 58.1 Å². The van der Waals surface area contributed by atoms with Crippen molar-refractivity contribution >= 4 is 17.6 Å². The van der Waals surface area contributed by atoms with Gasteiger partial charge >= 0.3 is 0 Å². The maximum atomic E-state index is 12.9. The molecule has 0 N–H and O–H groups in total. The van der Waals surface area contributed by atoms with E-state index < -0.39 is 0 Å². The molecule has 7 heteroatoms. The first-order valence-electron chi connectivity index (χ1n) is 9.32. The van der Waals surface area contributed by atoms with Crippen molar-refractivity contribution in [1.82, 2.24) is 19.8 Å². The van der Waals surface area contributed by atoms with Gasteiger partial charge in [-0.3, -0.25) is 14.6 Å². The van der Waals surface area contributed by atoms with Crippen LogP contribution in [0.4, 0.5) is 5.82 Å². The summed E-state index contributed by atoms with van der Waals surface area (Å²) in [5.74, 6) is 0.770. The second-order valence-corrected chi connectivity index (χ2v) is 7.04. The van der Waals surface area contributed by atoms with Gasteiger partial charge in [0.1, 0.15) is 5.82 Å². The molecule has 0 bridgehead atoms. The molecule has 1 aromatic heterocycles. The molecule has 2 amide bonds. The first-order valence-corrected chi connectivity index (χ1v) is 9.32. The van der Waals surface area contributed by atoms with Crippen LogP contribution in [0.3, 0.4) is 0 Å². The van der Waals surface area contributed by atoms with Crippen molar-refractivity contribution in [2.45, 2.75) is 13.0 Å². The summed E-state index contributed by atoms with van der Waals surface area (Å²) < 4.78 is 0. The van der Waals surface area contributed by atoms with Crippen molar-refractivity contribution in [2.24, 2.45) is 5.92 Å². The minimum Gasteiger partial charge on any atom is -0.352 e. The molecule has 0 aliphatic carbocycles. The molecule has 3 heterocycles. The molecule has 4 rings (SSSR count). The number of carbonyl (C=O) groups excluding carboxylic acids is 2. The Morgan fingerprint density at radius 2 is 1.85 bits per heavy atom. The van der Waals surface area contributed by atoms with Crippen LogP contribution in [0.15, 0.2) is 48.9 Å². The fraction of sp³-hybridized carbons (Fsp3) is 0.400. The molecule has 0 radical (unpaired) electrons. The van der Waals surface area contributed by atoms with Crippen molar-refractivity contribution < 1.29 is 9.59 Å². The van der Waals surface area contributed by atoms with Gasteiger partial charge in [-0.25, -0.2) is 4.98 Å². The number of hydrogen-bond acceptors (Lipinski definition) is 5. The van der Waals surface area contributed by atoms with E-state index in [1.165, 1.54) is 0 Å². The lowest BCUT2D eigenvalue weighted by Crippen LogP contribution is -2.51. The molecule has 2 aliphatic rings. The number of nitrogens with zero attached hydrogens (tertiary/aromatic N) is 5. The second-order valence-electron chi connectivity index (χ2n) is 7.04. The molecule has 0 saturated carbocycles. The summed E-state index contributed by atoms with van der Waals surface area (Å²) in [6.45, 7) is 3.86. The zero-order valence-corrected chi connectivity index (χ0v) is 15.2. The fourth-order valence-electron chi connectivity index (χ4n) is 3.76. The van der Waals surface area contributed by atoms with Gasteiger partial charge < -0.3 is 14.7 Å². The minimum absolute atomic E-state index is 0.0652. The van der Waals surface area contributed by atoms with Crippen LogP contribution < -0.4 is 4.90 Å². The van der Waals surface area contributed by atoms with E-state index in [0.29, 0.717) is 32.6 Å². The third kappa shape index (κ3) is 3.92. The van der Waals surface area contributed by atoms with Gasteiger partial charge in [0.2, 0.25) is 11.8 Å². The number of benzene rings is 1. The number of carbonyl (C=O) groups is 2. The van der Waals surface area contributed by atoms with Crippen LogP contribution in [-0.4, -0.2) is 64.3 Å². The number of hydrogen-bond donors (Lipinski definition) is 0. The molecule has 0 spiro atoms. The van der Waals surface area contributed by atoms with Gasteiger partial charge in [-0.05, 0) is 5.56 Å². The molecule has 1 aromatic carbocycles. The molecule has 7 nitrogen and oxygen atoms in total. The SMILES string of the molecule is O=C1CC(C(=O)N2CCN(c3cnccn3)CC2)CN1Cc1ccccc1. The average molecular weight is 365 g/mol. The molecule has 2 saturated heterocycles.